The Balaban J connectivity index is 1.70. The summed E-state index contributed by atoms with van der Waals surface area (Å²) < 4.78 is 88.0. The maximum Gasteiger partial charge on any atom is 0.268 e. The van der Waals surface area contributed by atoms with Crippen molar-refractivity contribution >= 4 is 36.5 Å². The summed E-state index contributed by atoms with van der Waals surface area (Å²) in [5.41, 5.74) is -0.111. The molecular formula is C26H20F2N2O5S2. The summed E-state index contributed by atoms with van der Waals surface area (Å²) >= 11 is 0. The number of aromatic nitrogens is 1. The first-order valence-electron chi connectivity index (χ1n) is 11.3. The molecule has 1 atom stereocenters. The number of hydrogen-bond acceptors (Lipinski definition) is 5. The molecule has 3 aromatic carbocycles. The van der Waals surface area contributed by atoms with Gasteiger partial charge in [0.25, 0.3) is 10.0 Å². The first kappa shape index (κ1) is 24.9. The molecule has 0 saturated carbocycles. The Morgan fingerprint density at radius 3 is 2.49 bits per heavy atom. The molecule has 5 rings (SSSR count). The SMILES string of the molecule is [C-]#[N+]c1cc(Oc2c(F)cc3c(ccn3S(=O)(=O)c3ccccc3)c2CC2CCCS2(=O)=O)ccc1F. The van der Waals surface area contributed by atoms with Gasteiger partial charge in [0.1, 0.15) is 11.6 Å². The summed E-state index contributed by atoms with van der Waals surface area (Å²) in [5, 5.41) is -0.480. The van der Waals surface area contributed by atoms with E-state index in [-0.39, 0.29) is 45.3 Å². The molecule has 7 nitrogen and oxygen atoms in total. The number of benzene rings is 3. The van der Waals surface area contributed by atoms with Crippen molar-refractivity contribution in [2.45, 2.75) is 29.4 Å². The molecule has 1 aliphatic heterocycles. The smallest absolute Gasteiger partial charge is 0.268 e. The van der Waals surface area contributed by atoms with E-state index >= 15 is 4.39 Å². The molecule has 0 spiro atoms. The third-order valence-electron chi connectivity index (χ3n) is 6.42. The van der Waals surface area contributed by atoms with Crippen LogP contribution in [0.4, 0.5) is 14.5 Å². The predicted molar refractivity (Wildman–Crippen MR) is 134 cm³/mol. The van der Waals surface area contributed by atoms with Crippen LogP contribution in [0.5, 0.6) is 11.5 Å². The Morgan fingerprint density at radius 2 is 1.81 bits per heavy atom. The predicted octanol–water partition coefficient (Wildman–Crippen LogP) is 5.62. The van der Waals surface area contributed by atoms with Gasteiger partial charge >= 0.3 is 0 Å². The van der Waals surface area contributed by atoms with Crippen molar-refractivity contribution in [2.24, 2.45) is 0 Å². The van der Waals surface area contributed by atoms with E-state index in [1.54, 1.807) is 18.2 Å². The van der Waals surface area contributed by atoms with Crippen LogP contribution in [0.15, 0.2) is 71.8 Å². The molecule has 0 amide bonds. The van der Waals surface area contributed by atoms with E-state index in [9.17, 15) is 21.2 Å². The average Bonchev–Trinajstić information content (AvgIpc) is 3.45. The molecule has 4 aromatic rings. The molecule has 1 aliphatic rings. The molecule has 0 N–H and O–H groups in total. The van der Waals surface area contributed by atoms with Crippen LogP contribution in [-0.4, -0.2) is 31.8 Å². The van der Waals surface area contributed by atoms with Crippen molar-refractivity contribution in [1.82, 2.24) is 3.97 Å². The Hall–Kier alpha value is -3.75. The molecule has 0 radical (unpaired) electrons. The minimum atomic E-state index is -4.08. The maximum atomic E-state index is 15.6. The zero-order chi connectivity index (χ0) is 26.4. The highest BCUT2D eigenvalue weighted by Gasteiger charge is 2.34. The van der Waals surface area contributed by atoms with Gasteiger partial charge in [-0.25, -0.2) is 34.4 Å². The number of fused-ring (bicyclic) bond motifs is 1. The largest absolute Gasteiger partial charge is 0.455 e. The zero-order valence-corrected chi connectivity index (χ0v) is 20.9. The lowest BCUT2D eigenvalue weighted by Crippen LogP contribution is -2.19. The molecule has 1 aromatic heterocycles. The molecule has 190 valence electrons. The fourth-order valence-electron chi connectivity index (χ4n) is 4.58. The Bertz CT molecular complexity index is 1780. The van der Waals surface area contributed by atoms with Gasteiger partial charge in [0, 0.05) is 23.2 Å². The number of sulfone groups is 1. The summed E-state index contributed by atoms with van der Waals surface area (Å²) in [6.45, 7) is 7.11. The van der Waals surface area contributed by atoms with Gasteiger partial charge in [-0.1, -0.05) is 18.2 Å². The van der Waals surface area contributed by atoms with Crippen LogP contribution >= 0.6 is 0 Å². The Morgan fingerprint density at radius 1 is 1.05 bits per heavy atom. The normalized spacial score (nSPS) is 17.1. The van der Waals surface area contributed by atoms with Gasteiger partial charge in [0.05, 0.1) is 28.0 Å². The summed E-state index contributed by atoms with van der Waals surface area (Å²) in [6.07, 6.45) is 2.04. The summed E-state index contributed by atoms with van der Waals surface area (Å²) in [4.78, 5) is 3.09. The second kappa shape index (κ2) is 9.28. The van der Waals surface area contributed by atoms with E-state index in [1.165, 1.54) is 30.5 Å². The standard InChI is InChI=1S/C26H20F2N2O5S2/c1-29-24-14-17(9-10-22(24)27)35-26-21(15-19-8-5-13-36(19,31)32)20-11-12-30(25(20)16-23(26)28)37(33,34)18-6-3-2-4-7-18/h2-4,6-7,9-12,14,16,19H,5,8,13,15H2. The third kappa shape index (κ3) is 4.47. The monoisotopic (exact) mass is 542 g/mol. The second-order valence-corrected chi connectivity index (χ2v) is 12.9. The van der Waals surface area contributed by atoms with Gasteiger partial charge in [-0.3, -0.25) is 0 Å². The lowest BCUT2D eigenvalue weighted by Gasteiger charge is -2.17. The van der Waals surface area contributed by atoms with E-state index in [0.29, 0.717) is 18.2 Å². The Labute approximate surface area is 212 Å². The number of hydrogen-bond donors (Lipinski definition) is 0. The fraction of sp³-hybridized carbons (Fsp3) is 0.192. The van der Waals surface area contributed by atoms with Gasteiger partial charge in [-0.05, 0) is 55.7 Å². The summed E-state index contributed by atoms with van der Waals surface area (Å²) in [5.74, 6) is -1.99. The number of rotatable bonds is 6. The van der Waals surface area contributed by atoms with Crippen molar-refractivity contribution in [3.63, 3.8) is 0 Å². The fourth-order valence-corrected chi connectivity index (χ4v) is 7.79. The minimum absolute atomic E-state index is 0.00569. The molecule has 11 heteroatoms. The quantitative estimate of drug-likeness (QED) is 0.295. The third-order valence-corrected chi connectivity index (χ3v) is 10.4. The van der Waals surface area contributed by atoms with Crippen LogP contribution in [0.2, 0.25) is 0 Å². The molecule has 2 heterocycles. The van der Waals surface area contributed by atoms with Crippen LogP contribution in [0.1, 0.15) is 18.4 Å². The van der Waals surface area contributed by atoms with Gasteiger partial charge in [0.15, 0.2) is 21.4 Å². The number of nitrogens with zero attached hydrogens (tertiary/aromatic N) is 2. The molecule has 37 heavy (non-hydrogen) atoms. The lowest BCUT2D eigenvalue weighted by molar-refractivity contribution is 0.436. The van der Waals surface area contributed by atoms with Crippen LogP contribution in [0.25, 0.3) is 15.7 Å². The molecule has 0 aliphatic carbocycles. The molecule has 1 unspecified atom stereocenters. The highest BCUT2D eigenvalue weighted by Crippen LogP contribution is 2.39. The zero-order valence-electron chi connectivity index (χ0n) is 19.3. The van der Waals surface area contributed by atoms with Crippen molar-refractivity contribution < 1.29 is 30.4 Å². The van der Waals surface area contributed by atoms with E-state index < -0.39 is 36.7 Å². The van der Waals surface area contributed by atoms with E-state index in [2.05, 4.69) is 4.85 Å². The number of ether oxygens (including phenoxy) is 1. The van der Waals surface area contributed by atoms with Crippen molar-refractivity contribution in [3.8, 4) is 11.5 Å². The lowest BCUT2D eigenvalue weighted by atomic mass is 10.0. The van der Waals surface area contributed by atoms with Crippen LogP contribution < -0.4 is 4.74 Å². The molecular weight excluding hydrogens is 522 g/mol. The van der Waals surface area contributed by atoms with E-state index in [0.717, 1.165) is 22.2 Å². The second-order valence-electron chi connectivity index (χ2n) is 8.69. The van der Waals surface area contributed by atoms with Gasteiger partial charge < -0.3 is 4.74 Å². The van der Waals surface area contributed by atoms with E-state index in [4.69, 9.17) is 11.3 Å². The Kier molecular flexibility index (Phi) is 6.25. The molecule has 1 saturated heterocycles. The van der Waals surface area contributed by atoms with Crippen LogP contribution in [-0.2, 0) is 26.3 Å². The van der Waals surface area contributed by atoms with Gasteiger partial charge in [-0.15, -0.1) is 0 Å². The van der Waals surface area contributed by atoms with E-state index in [1.807, 2.05) is 0 Å². The van der Waals surface area contributed by atoms with Crippen LogP contribution in [0, 0.1) is 18.2 Å². The average molecular weight is 543 g/mol. The first-order chi connectivity index (χ1) is 17.6. The minimum Gasteiger partial charge on any atom is -0.455 e. The van der Waals surface area contributed by atoms with Crippen LogP contribution in [0.3, 0.4) is 0 Å². The highest BCUT2D eigenvalue weighted by atomic mass is 32.2. The molecule has 1 fully saturated rings. The van der Waals surface area contributed by atoms with Crippen molar-refractivity contribution in [2.75, 3.05) is 5.75 Å². The topological polar surface area (TPSA) is 86.8 Å². The maximum absolute atomic E-state index is 15.6. The number of halogens is 2. The van der Waals surface area contributed by atoms with Crippen molar-refractivity contribution in [3.05, 3.63) is 95.5 Å². The summed E-state index contributed by atoms with van der Waals surface area (Å²) in [7, 11) is -7.51. The van der Waals surface area contributed by atoms with Crippen molar-refractivity contribution in [1.29, 1.82) is 0 Å². The first-order valence-corrected chi connectivity index (χ1v) is 14.5. The van der Waals surface area contributed by atoms with Gasteiger partial charge in [0.2, 0.25) is 5.69 Å². The summed E-state index contributed by atoms with van der Waals surface area (Å²) in [6, 6.07) is 13.5. The highest BCUT2D eigenvalue weighted by molar-refractivity contribution is 7.92. The molecule has 0 bridgehead atoms. The van der Waals surface area contributed by atoms with Gasteiger partial charge in [-0.2, -0.15) is 0 Å².